The van der Waals surface area contributed by atoms with Crippen molar-refractivity contribution in [2.75, 3.05) is 6.61 Å². The molecule has 0 spiro atoms. The van der Waals surface area contributed by atoms with Crippen molar-refractivity contribution in [3.05, 3.63) is 40.7 Å². The van der Waals surface area contributed by atoms with Crippen LogP contribution in [0.4, 0.5) is 0 Å². The molecule has 35 heavy (non-hydrogen) atoms. The van der Waals surface area contributed by atoms with Crippen molar-refractivity contribution < 1.29 is 47.6 Å². The molecule has 0 saturated carbocycles. The second-order valence-electron chi connectivity index (χ2n) is 7.73. The first-order valence-corrected chi connectivity index (χ1v) is 10.6. The summed E-state index contributed by atoms with van der Waals surface area (Å²) in [4.78, 5) is 61.9. The first-order valence-electron chi connectivity index (χ1n) is 10.6. The number of esters is 4. The molecule has 0 bridgehead atoms. The second kappa shape index (κ2) is 11.0. The van der Waals surface area contributed by atoms with E-state index in [0.29, 0.717) is 10.9 Å². The number of para-hydroxylation sites is 1. The molecule has 188 valence electrons. The first kappa shape index (κ1) is 25.7. The summed E-state index contributed by atoms with van der Waals surface area (Å²) in [6.07, 6.45) is -6.71. The maximum atomic E-state index is 12.2. The van der Waals surface area contributed by atoms with Crippen LogP contribution < -0.4 is 10.3 Å². The summed E-state index contributed by atoms with van der Waals surface area (Å²) < 4.78 is 33.0. The van der Waals surface area contributed by atoms with Crippen molar-refractivity contribution in [2.45, 2.75) is 58.4 Å². The molecule has 1 aromatic carbocycles. The molecule has 1 aromatic heterocycles. The lowest BCUT2D eigenvalue weighted by Gasteiger charge is -2.43. The number of pyridine rings is 1. The van der Waals surface area contributed by atoms with E-state index in [9.17, 15) is 24.0 Å². The number of nitrogens with one attached hydrogen (secondary N) is 1. The van der Waals surface area contributed by atoms with Crippen LogP contribution in [0.2, 0.25) is 0 Å². The molecule has 0 amide bonds. The summed E-state index contributed by atoms with van der Waals surface area (Å²) in [5, 5.41) is 0.514. The minimum atomic E-state index is -1.44. The fraction of sp³-hybridized carbons (Fsp3) is 0.435. The van der Waals surface area contributed by atoms with E-state index in [4.69, 9.17) is 28.4 Å². The number of benzene rings is 1. The standard InChI is InChI=1S/C23H25NO11/c1-11(25)30-10-18-20(31-12(2)26)21(32-13(3)27)22(33-14(4)28)23(35-18)34-17-9-19(29)24-16-8-6-5-7-15(16)17/h5-9,18,20-23H,10H2,1-4H3,(H,24,29)/t18-,20-,21+,22-,23-/m1/s1. The van der Waals surface area contributed by atoms with Crippen LogP contribution in [0.15, 0.2) is 35.1 Å². The number of ether oxygens (including phenoxy) is 6. The van der Waals surface area contributed by atoms with E-state index in [2.05, 4.69) is 4.98 Å². The summed E-state index contributed by atoms with van der Waals surface area (Å²) in [5.74, 6) is -2.83. The van der Waals surface area contributed by atoms with Gasteiger partial charge in [0.1, 0.15) is 18.5 Å². The minimum Gasteiger partial charge on any atom is -0.463 e. The fourth-order valence-corrected chi connectivity index (χ4v) is 3.68. The van der Waals surface area contributed by atoms with Gasteiger partial charge < -0.3 is 33.4 Å². The van der Waals surface area contributed by atoms with Crippen molar-refractivity contribution in [3.63, 3.8) is 0 Å². The Balaban J connectivity index is 2.07. The van der Waals surface area contributed by atoms with Crippen molar-refractivity contribution in [1.82, 2.24) is 4.98 Å². The molecule has 0 aliphatic carbocycles. The molecule has 2 heterocycles. The van der Waals surface area contributed by atoms with E-state index < -0.39 is 66.7 Å². The Hall–Kier alpha value is -3.93. The van der Waals surface area contributed by atoms with Crippen LogP contribution in [0, 0.1) is 0 Å². The minimum absolute atomic E-state index is 0.0882. The van der Waals surface area contributed by atoms with Crippen LogP contribution in [0.3, 0.4) is 0 Å². The van der Waals surface area contributed by atoms with E-state index in [1.54, 1.807) is 24.3 Å². The Morgan fingerprint density at radius 1 is 0.857 bits per heavy atom. The lowest BCUT2D eigenvalue weighted by Crippen LogP contribution is -2.63. The van der Waals surface area contributed by atoms with Gasteiger partial charge in [-0.15, -0.1) is 0 Å². The maximum absolute atomic E-state index is 12.2. The highest BCUT2D eigenvalue weighted by Gasteiger charge is 2.53. The van der Waals surface area contributed by atoms with Gasteiger partial charge >= 0.3 is 23.9 Å². The third-order valence-electron chi connectivity index (χ3n) is 4.90. The number of hydrogen-bond acceptors (Lipinski definition) is 11. The molecular weight excluding hydrogens is 466 g/mol. The second-order valence-corrected chi connectivity index (χ2v) is 7.73. The van der Waals surface area contributed by atoms with Crippen LogP contribution >= 0.6 is 0 Å². The number of H-pyrrole nitrogens is 1. The number of aromatic amines is 1. The van der Waals surface area contributed by atoms with E-state index in [-0.39, 0.29) is 5.75 Å². The average molecular weight is 491 g/mol. The fourth-order valence-electron chi connectivity index (χ4n) is 3.68. The van der Waals surface area contributed by atoms with Crippen LogP contribution in [0.1, 0.15) is 27.7 Å². The zero-order valence-electron chi connectivity index (χ0n) is 19.5. The lowest BCUT2D eigenvalue weighted by atomic mass is 9.98. The summed E-state index contributed by atoms with van der Waals surface area (Å²) in [6, 6.07) is 7.97. The van der Waals surface area contributed by atoms with E-state index in [1.165, 1.54) is 13.0 Å². The number of fused-ring (bicyclic) bond motifs is 1. The van der Waals surface area contributed by atoms with Gasteiger partial charge in [-0.05, 0) is 12.1 Å². The van der Waals surface area contributed by atoms with Gasteiger partial charge in [-0.2, -0.15) is 0 Å². The number of aromatic nitrogens is 1. The smallest absolute Gasteiger partial charge is 0.303 e. The topological polar surface area (TPSA) is 157 Å². The zero-order chi connectivity index (χ0) is 25.7. The summed E-state index contributed by atoms with van der Waals surface area (Å²) >= 11 is 0. The van der Waals surface area contributed by atoms with Gasteiger partial charge in [0.25, 0.3) is 5.56 Å². The van der Waals surface area contributed by atoms with Gasteiger partial charge in [0.15, 0.2) is 12.2 Å². The normalized spacial score (nSPS) is 23.7. The lowest BCUT2D eigenvalue weighted by molar-refractivity contribution is -0.288. The van der Waals surface area contributed by atoms with E-state index in [1.807, 2.05) is 0 Å². The van der Waals surface area contributed by atoms with Crippen molar-refractivity contribution in [3.8, 4) is 5.75 Å². The van der Waals surface area contributed by atoms with Crippen LogP contribution in [0.25, 0.3) is 10.9 Å². The predicted molar refractivity (Wildman–Crippen MR) is 117 cm³/mol. The van der Waals surface area contributed by atoms with Crippen LogP contribution in [0.5, 0.6) is 5.75 Å². The molecule has 1 fully saturated rings. The average Bonchev–Trinajstić information content (AvgIpc) is 2.75. The highest BCUT2D eigenvalue weighted by Crippen LogP contribution is 2.32. The first-order chi connectivity index (χ1) is 16.5. The Bertz CT molecular complexity index is 1170. The molecule has 0 radical (unpaired) electrons. The number of carbonyl (C=O) groups excluding carboxylic acids is 4. The highest BCUT2D eigenvalue weighted by atomic mass is 16.7. The van der Waals surface area contributed by atoms with Gasteiger partial charge in [0, 0.05) is 39.1 Å². The summed E-state index contributed by atoms with van der Waals surface area (Å²) in [7, 11) is 0. The van der Waals surface area contributed by atoms with Gasteiger partial charge in [0.05, 0.1) is 5.52 Å². The number of carbonyl (C=O) groups is 4. The molecule has 1 saturated heterocycles. The Morgan fingerprint density at radius 3 is 2.09 bits per heavy atom. The Labute approximate surface area is 199 Å². The van der Waals surface area contributed by atoms with Crippen molar-refractivity contribution in [2.24, 2.45) is 0 Å². The molecular formula is C23H25NO11. The molecule has 12 heteroatoms. The van der Waals surface area contributed by atoms with Crippen LogP contribution in [-0.2, 0) is 42.9 Å². The third kappa shape index (κ3) is 6.57. The van der Waals surface area contributed by atoms with Crippen LogP contribution in [-0.4, -0.2) is 66.2 Å². The SMILES string of the molecule is CC(=O)OC[C@H]1O[C@@H](Oc2cc(=O)[nH]c3ccccc23)[C@H](OC(C)=O)[C@@H](OC(C)=O)[C@@H]1OC(C)=O. The van der Waals surface area contributed by atoms with Crippen molar-refractivity contribution >= 4 is 34.8 Å². The quantitative estimate of drug-likeness (QED) is 0.435. The van der Waals surface area contributed by atoms with Gasteiger partial charge in [-0.1, -0.05) is 12.1 Å². The van der Waals surface area contributed by atoms with Gasteiger partial charge in [-0.25, -0.2) is 0 Å². The Morgan fingerprint density at radius 2 is 1.46 bits per heavy atom. The molecule has 2 aromatic rings. The predicted octanol–water partition coefficient (Wildman–Crippen LogP) is 0.990. The summed E-state index contributed by atoms with van der Waals surface area (Å²) in [6.45, 7) is 4.14. The monoisotopic (exact) mass is 491 g/mol. The van der Waals surface area contributed by atoms with E-state index >= 15 is 0 Å². The number of rotatable bonds is 7. The molecule has 5 atom stereocenters. The van der Waals surface area contributed by atoms with Crippen molar-refractivity contribution in [1.29, 1.82) is 0 Å². The summed E-state index contributed by atoms with van der Waals surface area (Å²) in [5.41, 5.74) is 0.00460. The molecule has 12 nitrogen and oxygen atoms in total. The van der Waals surface area contributed by atoms with Gasteiger partial charge in [0.2, 0.25) is 12.4 Å². The maximum Gasteiger partial charge on any atom is 0.303 e. The molecule has 0 unspecified atom stereocenters. The molecule has 1 N–H and O–H groups in total. The number of hydrogen-bond donors (Lipinski definition) is 1. The molecule has 1 aliphatic rings. The largest absolute Gasteiger partial charge is 0.463 e. The third-order valence-corrected chi connectivity index (χ3v) is 4.90. The van der Waals surface area contributed by atoms with Gasteiger partial charge in [-0.3, -0.25) is 24.0 Å². The zero-order valence-corrected chi connectivity index (χ0v) is 19.5. The Kier molecular flexibility index (Phi) is 8.07. The molecule has 3 rings (SSSR count). The van der Waals surface area contributed by atoms with E-state index in [0.717, 1.165) is 20.8 Å². The molecule has 1 aliphatic heterocycles. The highest BCUT2D eigenvalue weighted by molar-refractivity contribution is 5.84.